The second-order valence-electron chi connectivity index (χ2n) is 7.57. The molecule has 7 nitrogen and oxygen atoms in total. The third-order valence-corrected chi connectivity index (χ3v) is 6.85. The summed E-state index contributed by atoms with van der Waals surface area (Å²) >= 11 is 0. The average molecular weight is 391 g/mol. The molecule has 0 bridgehead atoms. The highest BCUT2D eigenvalue weighted by atomic mass is 32.2. The lowest BCUT2D eigenvalue weighted by Gasteiger charge is -2.32. The number of hydrogen-bond donors (Lipinski definition) is 1. The predicted octanol–water partition coefficient (Wildman–Crippen LogP) is 2.52. The van der Waals surface area contributed by atoms with Crippen LogP contribution in [0.25, 0.3) is 11.0 Å². The van der Waals surface area contributed by atoms with E-state index in [0.29, 0.717) is 18.7 Å². The zero-order valence-electron chi connectivity index (χ0n) is 15.6. The Balaban J connectivity index is 1.57. The smallest absolute Gasteiger partial charge is 0.242 e. The van der Waals surface area contributed by atoms with Crippen molar-refractivity contribution in [1.29, 1.82) is 0 Å². The number of carbonyl (C=O) groups is 1. The zero-order chi connectivity index (χ0) is 19.0. The molecule has 2 aromatic rings. The molecule has 1 unspecified atom stereocenters. The minimum Gasteiger partial charge on any atom is -0.328 e. The molecule has 27 heavy (non-hydrogen) atoms. The topological polar surface area (TPSA) is 84.3 Å². The fourth-order valence-electron chi connectivity index (χ4n) is 4.22. The molecule has 1 atom stereocenters. The van der Waals surface area contributed by atoms with Gasteiger partial charge in [-0.2, -0.15) is 4.31 Å². The number of aromatic nitrogens is 2. The normalized spacial score (nSPS) is 21.6. The van der Waals surface area contributed by atoms with Gasteiger partial charge in [-0.3, -0.25) is 4.79 Å². The number of fused-ring (bicyclic) bond motifs is 3. The Morgan fingerprint density at radius 2 is 1.96 bits per heavy atom. The molecule has 2 aliphatic heterocycles. The number of hydrogen-bond acceptors (Lipinski definition) is 4. The highest BCUT2D eigenvalue weighted by Gasteiger charge is 2.34. The number of piperidine rings is 1. The minimum atomic E-state index is -3.40. The molecule has 1 amide bonds. The standard InChI is InChI=1S/C19H26N4O3S/c1-27(25,26)23-12-6-4-7-17(23)19(24)20-14-9-10-16-15(13-14)21-18-8-3-2-5-11-22(16)18/h9-10,13,17H,2-8,11-12H2,1H3,(H,20,24). The Hall–Kier alpha value is -1.93. The van der Waals surface area contributed by atoms with Crippen LogP contribution < -0.4 is 5.32 Å². The van der Waals surface area contributed by atoms with E-state index in [4.69, 9.17) is 4.98 Å². The van der Waals surface area contributed by atoms with Crippen LogP contribution in [0.15, 0.2) is 18.2 Å². The van der Waals surface area contributed by atoms with Gasteiger partial charge in [0.15, 0.2) is 0 Å². The molecule has 1 fully saturated rings. The first-order chi connectivity index (χ1) is 12.9. The van der Waals surface area contributed by atoms with Crippen molar-refractivity contribution < 1.29 is 13.2 Å². The van der Waals surface area contributed by atoms with Crippen LogP contribution in [0.1, 0.15) is 44.3 Å². The van der Waals surface area contributed by atoms with E-state index >= 15 is 0 Å². The summed E-state index contributed by atoms with van der Waals surface area (Å²) in [6.45, 7) is 1.40. The number of sulfonamides is 1. The summed E-state index contributed by atoms with van der Waals surface area (Å²) in [7, 11) is -3.40. The van der Waals surface area contributed by atoms with Gasteiger partial charge in [0.2, 0.25) is 15.9 Å². The van der Waals surface area contributed by atoms with E-state index in [1.54, 1.807) is 0 Å². The summed E-state index contributed by atoms with van der Waals surface area (Å²) in [6.07, 6.45) is 7.93. The largest absolute Gasteiger partial charge is 0.328 e. The van der Waals surface area contributed by atoms with E-state index in [9.17, 15) is 13.2 Å². The molecule has 146 valence electrons. The Morgan fingerprint density at radius 3 is 2.78 bits per heavy atom. The van der Waals surface area contributed by atoms with Crippen LogP contribution >= 0.6 is 0 Å². The molecule has 4 rings (SSSR count). The zero-order valence-corrected chi connectivity index (χ0v) is 16.5. The van der Waals surface area contributed by atoms with Gasteiger partial charge in [0, 0.05) is 25.2 Å². The maximum absolute atomic E-state index is 12.8. The maximum Gasteiger partial charge on any atom is 0.242 e. The molecule has 0 radical (unpaired) electrons. The van der Waals surface area contributed by atoms with E-state index in [-0.39, 0.29) is 5.91 Å². The third-order valence-electron chi connectivity index (χ3n) is 5.56. The van der Waals surface area contributed by atoms with Crippen LogP contribution in [0, 0.1) is 0 Å². The third kappa shape index (κ3) is 3.73. The van der Waals surface area contributed by atoms with Gasteiger partial charge < -0.3 is 9.88 Å². The van der Waals surface area contributed by atoms with Gasteiger partial charge in [-0.25, -0.2) is 13.4 Å². The van der Waals surface area contributed by atoms with Crippen molar-refractivity contribution in [1.82, 2.24) is 13.9 Å². The fraction of sp³-hybridized carbons (Fsp3) is 0.579. The van der Waals surface area contributed by atoms with Crippen molar-refractivity contribution in [3.05, 3.63) is 24.0 Å². The number of imidazole rings is 1. The molecule has 1 N–H and O–H groups in total. The molecule has 2 aliphatic rings. The molecular weight excluding hydrogens is 364 g/mol. The molecule has 8 heteroatoms. The molecule has 0 saturated carbocycles. The lowest BCUT2D eigenvalue weighted by atomic mass is 10.0. The van der Waals surface area contributed by atoms with Gasteiger partial charge in [0.25, 0.3) is 0 Å². The summed E-state index contributed by atoms with van der Waals surface area (Å²) in [5.74, 6) is 0.849. The van der Waals surface area contributed by atoms with E-state index in [2.05, 4.69) is 9.88 Å². The second kappa shape index (κ2) is 7.24. The van der Waals surface area contributed by atoms with Gasteiger partial charge in [-0.05, 0) is 43.9 Å². The van der Waals surface area contributed by atoms with Crippen molar-refractivity contribution in [3.8, 4) is 0 Å². The highest BCUT2D eigenvalue weighted by molar-refractivity contribution is 7.88. The number of rotatable bonds is 3. The molecular formula is C19H26N4O3S. The maximum atomic E-state index is 12.8. The van der Waals surface area contributed by atoms with Gasteiger partial charge in [0.1, 0.15) is 11.9 Å². The van der Waals surface area contributed by atoms with Crippen LogP contribution in [-0.2, 0) is 27.8 Å². The van der Waals surface area contributed by atoms with Crippen LogP contribution in [-0.4, -0.2) is 47.0 Å². The highest BCUT2D eigenvalue weighted by Crippen LogP contribution is 2.26. The Bertz CT molecular complexity index is 967. The second-order valence-corrected chi connectivity index (χ2v) is 9.50. The van der Waals surface area contributed by atoms with E-state index in [1.165, 1.54) is 23.4 Å². The number of nitrogens with zero attached hydrogens (tertiary/aromatic N) is 3. The van der Waals surface area contributed by atoms with E-state index in [1.807, 2.05) is 18.2 Å². The summed E-state index contributed by atoms with van der Waals surface area (Å²) in [5.41, 5.74) is 2.65. The Morgan fingerprint density at radius 1 is 1.15 bits per heavy atom. The number of benzene rings is 1. The summed E-state index contributed by atoms with van der Waals surface area (Å²) in [5, 5.41) is 2.90. The Kier molecular flexibility index (Phi) is 4.94. The average Bonchev–Trinajstić information content (AvgIpc) is 2.81. The monoisotopic (exact) mass is 390 g/mol. The van der Waals surface area contributed by atoms with Crippen LogP contribution in [0.4, 0.5) is 5.69 Å². The van der Waals surface area contributed by atoms with Gasteiger partial charge in [-0.1, -0.05) is 12.8 Å². The van der Waals surface area contributed by atoms with Crippen molar-refractivity contribution in [2.24, 2.45) is 0 Å². The number of nitrogens with one attached hydrogen (secondary N) is 1. The SMILES string of the molecule is CS(=O)(=O)N1CCCCC1C(=O)Nc1ccc2c(c1)nc1n2CCCCC1. The first-order valence-corrected chi connectivity index (χ1v) is 11.6. The van der Waals surface area contributed by atoms with E-state index in [0.717, 1.165) is 49.1 Å². The number of anilines is 1. The Labute approximate surface area is 159 Å². The first kappa shape index (κ1) is 18.4. The minimum absolute atomic E-state index is 0.264. The number of carbonyl (C=O) groups excluding carboxylic acids is 1. The first-order valence-electron chi connectivity index (χ1n) is 9.70. The molecule has 1 aromatic carbocycles. The van der Waals surface area contributed by atoms with Crippen LogP contribution in [0.2, 0.25) is 0 Å². The van der Waals surface area contributed by atoms with Crippen LogP contribution in [0.3, 0.4) is 0 Å². The van der Waals surface area contributed by atoms with Crippen molar-refractivity contribution in [2.45, 2.75) is 57.5 Å². The van der Waals surface area contributed by atoms with Crippen molar-refractivity contribution >= 4 is 32.7 Å². The summed E-state index contributed by atoms with van der Waals surface area (Å²) in [6, 6.07) is 5.14. The predicted molar refractivity (Wildman–Crippen MR) is 105 cm³/mol. The van der Waals surface area contributed by atoms with Gasteiger partial charge >= 0.3 is 0 Å². The van der Waals surface area contributed by atoms with Gasteiger partial charge in [0.05, 0.1) is 17.3 Å². The lowest BCUT2D eigenvalue weighted by molar-refractivity contribution is -0.120. The van der Waals surface area contributed by atoms with Crippen molar-refractivity contribution in [3.63, 3.8) is 0 Å². The fourth-order valence-corrected chi connectivity index (χ4v) is 5.34. The van der Waals surface area contributed by atoms with Gasteiger partial charge in [-0.15, -0.1) is 0 Å². The number of aryl methyl sites for hydroxylation is 2. The molecule has 0 spiro atoms. The quantitative estimate of drug-likeness (QED) is 0.873. The summed E-state index contributed by atoms with van der Waals surface area (Å²) < 4.78 is 27.6. The number of amides is 1. The molecule has 0 aliphatic carbocycles. The van der Waals surface area contributed by atoms with Crippen LogP contribution in [0.5, 0.6) is 0 Å². The molecule has 1 aromatic heterocycles. The summed E-state index contributed by atoms with van der Waals surface area (Å²) in [4.78, 5) is 17.5. The van der Waals surface area contributed by atoms with E-state index < -0.39 is 16.1 Å². The van der Waals surface area contributed by atoms with Crippen molar-refractivity contribution in [2.75, 3.05) is 18.1 Å². The lowest BCUT2D eigenvalue weighted by Crippen LogP contribution is -2.49. The molecule has 3 heterocycles. The molecule has 1 saturated heterocycles.